The molecule has 0 aliphatic heterocycles. The monoisotopic (exact) mass is 471 g/mol. The Labute approximate surface area is 202 Å². The summed E-state index contributed by atoms with van der Waals surface area (Å²) in [4.78, 5) is 25.4. The number of aromatic nitrogens is 3. The molecule has 0 bridgehead atoms. The lowest BCUT2D eigenvalue weighted by atomic mass is 10.1. The van der Waals surface area contributed by atoms with Crippen LogP contribution in [0.2, 0.25) is 0 Å². The van der Waals surface area contributed by atoms with Gasteiger partial charge in [-0.1, -0.05) is 84.1 Å². The van der Waals surface area contributed by atoms with E-state index in [4.69, 9.17) is 0 Å². The fourth-order valence-electron chi connectivity index (χ4n) is 3.37. The predicted molar refractivity (Wildman–Crippen MR) is 135 cm³/mol. The molecule has 0 unspecified atom stereocenters. The first-order valence-electron chi connectivity index (χ1n) is 10.8. The number of nitrogens with one attached hydrogen (secondary N) is 2. The van der Waals surface area contributed by atoms with Crippen molar-refractivity contribution in [3.05, 3.63) is 95.6 Å². The standard InChI is InChI=1S/C26H25N5O2S/c1-18-12-14-20(15-13-18)24-29-30-26(31(24)2)34-17-23(32)28-22-11-7-6-10-21(22)25(33)27-16-19-8-4-3-5-9-19/h3-15H,16-17H2,1-2H3,(H,27,33)(H,28,32). The number of para-hydroxylation sites is 1. The van der Waals surface area contributed by atoms with Gasteiger partial charge in [0.05, 0.1) is 17.0 Å². The molecule has 1 aromatic heterocycles. The lowest BCUT2D eigenvalue weighted by molar-refractivity contribution is -0.113. The number of thioether (sulfide) groups is 1. The average Bonchev–Trinajstić information content (AvgIpc) is 3.23. The number of nitrogens with zero attached hydrogens (tertiary/aromatic N) is 3. The van der Waals surface area contributed by atoms with Gasteiger partial charge in [-0.05, 0) is 24.6 Å². The van der Waals surface area contributed by atoms with Gasteiger partial charge in [0.1, 0.15) is 0 Å². The molecule has 0 radical (unpaired) electrons. The summed E-state index contributed by atoms with van der Waals surface area (Å²) in [5.41, 5.74) is 4.02. The molecule has 8 heteroatoms. The molecule has 1 heterocycles. The van der Waals surface area contributed by atoms with Gasteiger partial charge >= 0.3 is 0 Å². The highest BCUT2D eigenvalue weighted by atomic mass is 32.2. The number of aryl methyl sites for hydroxylation is 1. The highest BCUT2D eigenvalue weighted by Crippen LogP contribution is 2.23. The van der Waals surface area contributed by atoms with E-state index in [9.17, 15) is 9.59 Å². The van der Waals surface area contributed by atoms with Gasteiger partial charge in [0.15, 0.2) is 11.0 Å². The predicted octanol–water partition coefficient (Wildman–Crippen LogP) is 4.45. The number of carbonyl (C=O) groups is 2. The van der Waals surface area contributed by atoms with Crippen molar-refractivity contribution in [2.24, 2.45) is 7.05 Å². The number of amides is 2. The maximum atomic E-state index is 12.7. The van der Waals surface area contributed by atoms with E-state index < -0.39 is 0 Å². The van der Waals surface area contributed by atoms with E-state index in [1.807, 2.05) is 73.1 Å². The van der Waals surface area contributed by atoms with Gasteiger partial charge < -0.3 is 15.2 Å². The molecule has 0 fully saturated rings. The van der Waals surface area contributed by atoms with Gasteiger partial charge in [0.25, 0.3) is 5.91 Å². The van der Waals surface area contributed by atoms with E-state index in [1.54, 1.807) is 24.3 Å². The first kappa shape index (κ1) is 23.3. The molecule has 4 aromatic rings. The second kappa shape index (κ2) is 10.8. The largest absolute Gasteiger partial charge is 0.348 e. The zero-order valence-corrected chi connectivity index (χ0v) is 19.8. The van der Waals surface area contributed by atoms with Crippen molar-refractivity contribution >= 4 is 29.3 Å². The van der Waals surface area contributed by atoms with Crippen LogP contribution in [-0.2, 0) is 18.4 Å². The van der Waals surface area contributed by atoms with Gasteiger partial charge in [-0.3, -0.25) is 9.59 Å². The normalized spacial score (nSPS) is 10.6. The van der Waals surface area contributed by atoms with Crippen LogP contribution in [-0.4, -0.2) is 32.3 Å². The molecule has 0 saturated carbocycles. The van der Waals surface area contributed by atoms with E-state index >= 15 is 0 Å². The second-order valence-electron chi connectivity index (χ2n) is 7.78. The van der Waals surface area contributed by atoms with Crippen LogP contribution in [0.5, 0.6) is 0 Å². The van der Waals surface area contributed by atoms with Crippen LogP contribution in [0.15, 0.2) is 84.0 Å². The fraction of sp³-hybridized carbons (Fsp3) is 0.154. The molecule has 0 spiro atoms. The highest BCUT2D eigenvalue weighted by molar-refractivity contribution is 7.99. The van der Waals surface area contributed by atoms with Gasteiger partial charge in [-0.15, -0.1) is 10.2 Å². The zero-order valence-electron chi connectivity index (χ0n) is 19.0. The lowest BCUT2D eigenvalue weighted by Crippen LogP contribution is -2.25. The summed E-state index contributed by atoms with van der Waals surface area (Å²) in [5.74, 6) is 0.403. The number of carbonyl (C=O) groups excluding carboxylic acids is 2. The molecule has 0 aliphatic rings. The summed E-state index contributed by atoms with van der Waals surface area (Å²) in [7, 11) is 1.88. The van der Waals surface area contributed by atoms with Crippen LogP contribution in [0, 0.1) is 6.92 Å². The first-order chi connectivity index (χ1) is 16.5. The molecule has 0 aliphatic carbocycles. The fourth-order valence-corrected chi connectivity index (χ4v) is 4.09. The molecular weight excluding hydrogens is 446 g/mol. The first-order valence-corrected chi connectivity index (χ1v) is 11.8. The number of hydrogen-bond donors (Lipinski definition) is 2. The van der Waals surface area contributed by atoms with Crippen molar-refractivity contribution in [1.29, 1.82) is 0 Å². The minimum atomic E-state index is -0.247. The van der Waals surface area contributed by atoms with Crippen LogP contribution >= 0.6 is 11.8 Å². The lowest BCUT2D eigenvalue weighted by Gasteiger charge is -2.11. The molecule has 2 N–H and O–H groups in total. The topological polar surface area (TPSA) is 88.9 Å². The summed E-state index contributed by atoms with van der Waals surface area (Å²) in [6.07, 6.45) is 0. The van der Waals surface area contributed by atoms with E-state index in [0.29, 0.717) is 23.0 Å². The van der Waals surface area contributed by atoms with Crippen molar-refractivity contribution in [1.82, 2.24) is 20.1 Å². The quantitative estimate of drug-likeness (QED) is 0.371. The van der Waals surface area contributed by atoms with Crippen LogP contribution in [0.3, 0.4) is 0 Å². The summed E-state index contributed by atoms with van der Waals surface area (Å²) >= 11 is 1.29. The Hall–Kier alpha value is -3.91. The molecule has 2 amide bonds. The van der Waals surface area contributed by atoms with E-state index in [1.165, 1.54) is 17.3 Å². The Balaban J connectivity index is 1.37. The molecular formula is C26H25N5O2S. The van der Waals surface area contributed by atoms with Gasteiger partial charge in [0, 0.05) is 19.2 Å². The van der Waals surface area contributed by atoms with Crippen molar-refractivity contribution in [3.8, 4) is 11.4 Å². The number of benzene rings is 3. The van der Waals surface area contributed by atoms with Gasteiger partial charge in [-0.25, -0.2) is 0 Å². The molecule has 34 heavy (non-hydrogen) atoms. The molecule has 4 rings (SSSR count). The third kappa shape index (κ3) is 5.71. The van der Waals surface area contributed by atoms with Crippen molar-refractivity contribution in [3.63, 3.8) is 0 Å². The molecule has 0 saturated heterocycles. The number of rotatable bonds is 8. The van der Waals surface area contributed by atoms with Crippen LogP contribution < -0.4 is 10.6 Å². The summed E-state index contributed by atoms with van der Waals surface area (Å²) < 4.78 is 1.87. The number of hydrogen-bond acceptors (Lipinski definition) is 5. The maximum absolute atomic E-state index is 12.7. The van der Waals surface area contributed by atoms with E-state index in [2.05, 4.69) is 20.8 Å². The Morgan fingerprint density at radius 3 is 2.38 bits per heavy atom. The van der Waals surface area contributed by atoms with Crippen LogP contribution in [0.1, 0.15) is 21.5 Å². The zero-order chi connectivity index (χ0) is 23.9. The Kier molecular flexibility index (Phi) is 7.39. The molecule has 172 valence electrons. The average molecular weight is 472 g/mol. The Morgan fingerprint density at radius 2 is 1.62 bits per heavy atom. The molecule has 0 atom stereocenters. The number of anilines is 1. The Bertz CT molecular complexity index is 1290. The minimum absolute atomic E-state index is 0.139. The Morgan fingerprint density at radius 1 is 0.912 bits per heavy atom. The third-order valence-corrected chi connectivity index (χ3v) is 6.24. The second-order valence-corrected chi connectivity index (χ2v) is 8.72. The third-order valence-electron chi connectivity index (χ3n) is 5.22. The van der Waals surface area contributed by atoms with E-state index in [0.717, 1.165) is 17.0 Å². The van der Waals surface area contributed by atoms with Gasteiger partial charge in [-0.2, -0.15) is 0 Å². The SMILES string of the molecule is Cc1ccc(-c2nnc(SCC(=O)Nc3ccccc3C(=O)NCc3ccccc3)n2C)cc1. The molecule has 3 aromatic carbocycles. The smallest absolute Gasteiger partial charge is 0.253 e. The van der Waals surface area contributed by atoms with Crippen molar-refractivity contribution in [2.75, 3.05) is 11.1 Å². The molecule has 7 nitrogen and oxygen atoms in total. The minimum Gasteiger partial charge on any atom is -0.348 e. The maximum Gasteiger partial charge on any atom is 0.253 e. The highest BCUT2D eigenvalue weighted by Gasteiger charge is 2.16. The summed E-state index contributed by atoms with van der Waals surface area (Å²) in [6, 6.07) is 24.7. The van der Waals surface area contributed by atoms with Crippen molar-refractivity contribution < 1.29 is 9.59 Å². The summed E-state index contributed by atoms with van der Waals surface area (Å²) in [5, 5.41) is 14.9. The van der Waals surface area contributed by atoms with Crippen LogP contribution in [0.25, 0.3) is 11.4 Å². The summed E-state index contributed by atoms with van der Waals surface area (Å²) in [6.45, 7) is 2.44. The van der Waals surface area contributed by atoms with E-state index in [-0.39, 0.29) is 17.6 Å². The van der Waals surface area contributed by atoms with Gasteiger partial charge in [0.2, 0.25) is 5.91 Å². The van der Waals surface area contributed by atoms with Crippen LogP contribution in [0.4, 0.5) is 5.69 Å². The van der Waals surface area contributed by atoms with Crippen molar-refractivity contribution in [2.45, 2.75) is 18.6 Å².